The number of methoxy groups -OCH3 is 2. The number of anilines is 2. The maximum Gasteiger partial charge on any atom is 0.319 e. The van der Waals surface area contributed by atoms with E-state index in [0.29, 0.717) is 39.4 Å². The topological polar surface area (TPSA) is 97.9 Å². The normalized spacial score (nSPS) is 11.8. The predicted octanol–water partition coefficient (Wildman–Crippen LogP) is 5.04. The molecule has 0 saturated heterocycles. The number of nitrogens with one attached hydrogen (secondary N) is 3. The smallest absolute Gasteiger partial charge is 0.319 e. The number of rotatable bonds is 5. The van der Waals surface area contributed by atoms with Crippen molar-refractivity contribution in [1.29, 1.82) is 0 Å². The minimum atomic E-state index is -0.426. The van der Waals surface area contributed by atoms with E-state index in [0.717, 1.165) is 5.56 Å². The number of ether oxygens (including phenoxy) is 3. The van der Waals surface area contributed by atoms with E-state index >= 15 is 0 Å². The maximum absolute atomic E-state index is 12.7. The van der Waals surface area contributed by atoms with Crippen LogP contribution in [0, 0.1) is 0 Å². The van der Waals surface area contributed by atoms with Crippen molar-refractivity contribution in [2.45, 2.75) is 6.54 Å². The van der Waals surface area contributed by atoms with Crippen molar-refractivity contribution in [3.05, 3.63) is 70.7 Å². The second kappa shape index (κ2) is 9.07. The molecule has 0 fully saturated rings. The zero-order valence-corrected chi connectivity index (χ0v) is 18.1. The lowest BCUT2D eigenvalue weighted by molar-refractivity contribution is 0.102. The summed E-state index contributed by atoms with van der Waals surface area (Å²) < 4.78 is 16.3. The highest BCUT2D eigenvalue weighted by Gasteiger charge is 2.21. The van der Waals surface area contributed by atoms with Crippen molar-refractivity contribution in [1.82, 2.24) is 5.32 Å². The molecule has 4 rings (SSSR count). The van der Waals surface area contributed by atoms with Gasteiger partial charge in [0.2, 0.25) is 0 Å². The summed E-state index contributed by atoms with van der Waals surface area (Å²) in [5.41, 5.74) is 2.04. The van der Waals surface area contributed by atoms with Gasteiger partial charge in [-0.25, -0.2) is 4.79 Å². The molecule has 0 unspecified atom stereocenters. The average Bonchev–Trinajstić information content (AvgIpc) is 2.92. The lowest BCUT2D eigenvalue weighted by Crippen LogP contribution is -2.28. The molecule has 3 N–H and O–H groups in total. The third-order valence-corrected chi connectivity index (χ3v) is 5.03. The van der Waals surface area contributed by atoms with E-state index in [9.17, 15) is 9.59 Å². The number of hydrogen-bond acceptors (Lipinski definition) is 5. The van der Waals surface area contributed by atoms with Gasteiger partial charge >= 0.3 is 6.03 Å². The van der Waals surface area contributed by atoms with Crippen LogP contribution in [0.2, 0.25) is 5.02 Å². The Labute approximate surface area is 189 Å². The Bertz CT molecular complexity index is 1200. The zero-order valence-electron chi connectivity index (χ0n) is 17.3. The first-order valence-corrected chi connectivity index (χ1v) is 10.0. The van der Waals surface area contributed by atoms with Crippen molar-refractivity contribution in [2.24, 2.45) is 0 Å². The molecule has 8 nitrogen and oxygen atoms in total. The van der Waals surface area contributed by atoms with Gasteiger partial charge in [0.1, 0.15) is 5.75 Å². The van der Waals surface area contributed by atoms with Crippen LogP contribution in [0.4, 0.5) is 16.2 Å². The van der Waals surface area contributed by atoms with Gasteiger partial charge in [0.05, 0.1) is 25.5 Å². The lowest BCUT2D eigenvalue weighted by Gasteiger charge is -2.12. The summed E-state index contributed by atoms with van der Waals surface area (Å²) in [6.07, 6.45) is 0. The van der Waals surface area contributed by atoms with E-state index in [1.807, 2.05) is 6.07 Å². The van der Waals surface area contributed by atoms with Crippen LogP contribution in [0.25, 0.3) is 0 Å². The van der Waals surface area contributed by atoms with Gasteiger partial charge in [-0.3, -0.25) is 4.79 Å². The second-order valence-electron chi connectivity index (χ2n) is 6.90. The van der Waals surface area contributed by atoms with Gasteiger partial charge in [0, 0.05) is 17.3 Å². The number of urea groups is 1. The van der Waals surface area contributed by atoms with Crippen LogP contribution in [0.1, 0.15) is 15.9 Å². The van der Waals surface area contributed by atoms with Gasteiger partial charge in [-0.15, -0.1) is 0 Å². The molecule has 3 aromatic carbocycles. The van der Waals surface area contributed by atoms with Gasteiger partial charge in [-0.05, 0) is 54.1 Å². The standard InChI is InChI=1S/C23H20ClN3O5/c1-30-20-6-3-13(9-21(20)31-2)12-25-23(29)26-15-5-8-18-16(11-15)22(28)27-17-10-14(24)4-7-19(17)32-18/h3-11H,12H2,1-2H3,(H,27,28)(H2,25,26,29). The summed E-state index contributed by atoms with van der Waals surface area (Å²) in [4.78, 5) is 25.0. The number of amides is 3. The largest absolute Gasteiger partial charge is 0.493 e. The van der Waals surface area contributed by atoms with Crippen molar-refractivity contribution in [3.63, 3.8) is 0 Å². The number of carbonyl (C=O) groups excluding carboxylic acids is 2. The van der Waals surface area contributed by atoms with Crippen LogP contribution < -0.4 is 30.2 Å². The maximum atomic E-state index is 12.7. The Morgan fingerprint density at radius 1 is 1.00 bits per heavy atom. The summed E-state index contributed by atoms with van der Waals surface area (Å²) in [7, 11) is 3.11. The number of fused-ring (bicyclic) bond motifs is 2. The highest BCUT2D eigenvalue weighted by molar-refractivity contribution is 6.31. The van der Waals surface area contributed by atoms with E-state index in [-0.39, 0.29) is 18.0 Å². The lowest BCUT2D eigenvalue weighted by atomic mass is 10.1. The second-order valence-corrected chi connectivity index (χ2v) is 7.34. The molecule has 9 heteroatoms. The minimum absolute atomic E-state index is 0.275. The molecule has 0 saturated carbocycles. The van der Waals surface area contributed by atoms with Gasteiger partial charge in [0.25, 0.3) is 5.91 Å². The molecule has 0 radical (unpaired) electrons. The molecule has 0 aliphatic carbocycles. The van der Waals surface area contributed by atoms with Crippen molar-refractivity contribution < 1.29 is 23.8 Å². The van der Waals surface area contributed by atoms with E-state index in [1.54, 1.807) is 62.8 Å². The summed E-state index contributed by atoms with van der Waals surface area (Å²) in [5.74, 6) is 1.67. The van der Waals surface area contributed by atoms with E-state index in [4.69, 9.17) is 25.8 Å². The van der Waals surface area contributed by atoms with Gasteiger partial charge in [-0.2, -0.15) is 0 Å². The van der Waals surface area contributed by atoms with Gasteiger partial charge < -0.3 is 30.2 Å². The summed E-state index contributed by atoms with van der Waals surface area (Å²) in [5, 5.41) is 8.74. The number of carbonyl (C=O) groups is 2. The summed E-state index contributed by atoms with van der Waals surface area (Å²) in [6, 6.07) is 14.8. The minimum Gasteiger partial charge on any atom is -0.493 e. The molecule has 0 bridgehead atoms. The Kier molecular flexibility index (Phi) is 6.04. The molecule has 0 aromatic heterocycles. The molecule has 164 valence electrons. The summed E-state index contributed by atoms with van der Waals surface area (Å²) in [6.45, 7) is 0.275. The first-order chi connectivity index (χ1) is 15.5. The molecule has 0 atom stereocenters. The molecule has 1 aliphatic heterocycles. The van der Waals surface area contributed by atoms with Crippen LogP contribution in [0.5, 0.6) is 23.0 Å². The molecular formula is C23H20ClN3O5. The zero-order chi connectivity index (χ0) is 22.7. The van der Waals surface area contributed by atoms with E-state index in [2.05, 4.69) is 16.0 Å². The van der Waals surface area contributed by atoms with Crippen molar-refractivity contribution >= 4 is 34.9 Å². The van der Waals surface area contributed by atoms with Gasteiger partial charge in [0.15, 0.2) is 17.2 Å². The number of benzene rings is 3. The third kappa shape index (κ3) is 4.55. The molecule has 0 spiro atoms. The summed E-state index contributed by atoms with van der Waals surface area (Å²) >= 11 is 6.00. The van der Waals surface area contributed by atoms with Crippen LogP contribution in [0.3, 0.4) is 0 Å². The van der Waals surface area contributed by atoms with Crippen LogP contribution in [-0.4, -0.2) is 26.2 Å². The average molecular weight is 454 g/mol. The Morgan fingerprint density at radius 3 is 2.56 bits per heavy atom. The van der Waals surface area contributed by atoms with E-state index < -0.39 is 6.03 Å². The monoisotopic (exact) mass is 453 g/mol. The third-order valence-electron chi connectivity index (χ3n) is 4.79. The van der Waals surface area contributed by atoms with Crippen LogP contribution in [-0.2, 0) is 6.54 Å². The van der Waals surface area contributed by atoms with Crippen molar-refractivity contribution in [3.8, 4) is 23.0 Å². The molecular weight excluding hydrogens is 434 g/mol. The predicted molar refractivity (Wildman–Crippen MR) is 121 cm³/mol. The van der Waals surface area contributed by atoms with Gasteiger partial charge in [-0.1, -0.05) is 17.7 Å². The molecule has 1 heterocycles. The SMILES string of the molecule is COc1ccc(CNC(=O)Nc2ccc3c(c2)C(=O)Nc2cc(Cl)ccc2O3)cc1OC. The Hall–Kier alpha value is -3.91. The fourth-order valence-corrected chi connectivity index (χ4v) is 3.39. The highest BCUT2D eigenvalue weighted by atomic mass is 35.5. The van der Waals surface area contributed by atoms with Crippen molar-refractivity contribution in [2.75, 3.05) is 24.9 Å². The number of hydrogen-bond donors (Lipinski definition) is 3. The molecule has 32 heavy (non-hydrogen) atoms. The number of halogens is 1. The fraction of sp³-hybridized carbons (Fsp3) is 0.130. The van der Waals surface area contributed by atoms with E-state index in [1.165, 1.54) is 0 Å². The molecule has 1 aliphatic rings. The highest BCUT2D eigenvalue weighted by Crippen LogP contribution is 2.38. The molecule has 3 amide bonds. The molecule has 3 aromatic rings. The first-order valence-electron chi connectivity index (χ1n) is 9.65. The van der Waals surface area contributed by atoms with Crippen LogP contribution >= 0.6 is 11.6 Å². The Morgan fingerprint density at radius 2 is 1.78 bits per heavy atom. The quantitative estimate of drug-likeness (QED) is 0.503. The first kappa shape index (κ1) is 21.3. The Balaban J connectivity index is 1.44. The van der Waals surface area contributed by atoms with Crippen LogP contribution in [0.15, 0.2) is 54.6 Å². The fourth-order valence-electron chi connectivity index (χ4n) is 3.22.